The van der Waals surface area contributed by atoms with Crippen molar-refractivity contribution in [2.75, 3.05) is 23.3 Å². The highest BCUT2D eigenvalue weighted by Gasteiger charge is 2.19. The van der Waals surface area contributed by atoms with E-state index >= 15 is 0 Å². The van der Waals surface area contributed by atoms with Crippen LogP contribution in [0.4, 0.5) is 11.9 Å². The maximum Gasteiger partial charge on any atom is 0.258 e. The standard InChI is InChI=1S/C21H24N6O3S/c28-19(23-20-24-21(26-25-20)27-12-5-2-6-13-27)17-10-7-11-18(14-17)31(29,30)22-15-16-8-3-1-4-9-16/h1,3-4,7-11,14,22H,2,5-6,12-13,15H2,(H2,23,24,25,26,28). The molecule has 2 aromatic carbocycles. The third-order valence-electron chi connectivity index (χ3n) is 5.06. The van der Waals surface area contributed by atoms with Crippen molar-refractivity contribution in [3.63, 3.8) is 0 Å². The fraction of sp³-hybridized carbons (Fsp3) is 0.286. The normalized spacial score (nSPS) is 14.4. The second-order valence-corrected chi connectivity index (χ2v) is 9.09. The Morgan fingerprint density at radius 2 is 1.81 bits per heavy atom. The predicted molar refractivity (Wildman–Crippen MR) is 117 cm³/mol. The molecule has 0 spiro atoms. The van der Waals surface area contributed by atoms with Gasteiger partial charge in [0, 0.05) is 25.2 Å². The smallest absolute Gasteiger partial charge is 0.258 e. The molecule has 1 amide bonds. The van der Waals surface area contributed by atoms with Crippen LogP contribution < -0.4 is 14.9 Å². The largest absolute Gasteiger partial charge is 0.340 e. The molecule has 162 valence electrons. The summed E-state index contributed by atoms with van der Waals surface area (Å²) in [6, 6.07) is 15.1. The molecule has 0 saturated carbocycles. The number of benzene rings is 2. The molecule has 1 aliphatic rings. The summed E-state index contributed by atoms with van der Waals surface area (Å²) in [6.45, 7) is 1.94. The Bertz CT molecular complexity index is 1140. The summed E-state index contributed by atoms with van der Waals surface area (Å²) < 4.78 is 27.8. The van der Waals surface area contributed by atoms with Gasteiger partial charge in [0.05, 0.1) is 4.90 Å². The Labute approximate surface area is 180 Å². The van der Waals surface area contributed by atoms with Crippen LogP contribution in [0.3, 0.4) is 0 Å². The number of carbonyl (C=O) groups excluding carboxylic acids is 1. The van der Waals surface area contributed by atoms with Gasteiger partial charge >= 0.3 is 0 Å². The van der Waals surface area contributed by atoms with Gasteiger partial charge in [0.25, 0.3) is 5.91 Å². The van der Waals surface area contributed by atoms with Crippen LogP contribution in [-0.2, 0) is 16.6 Å². The number of carbonyl (C=O) groups is 1. The second-order valence-electron chi connectivity index (χ2n) is 7.32. The molecular weight excluding hydrogens is 416 g/mol. The van der Waals surface area contributed by atoms with Gasteiger partial charge < -0.3 is 4.90 Å². The highest BCUT2D eigenvalue weighted by Crippen LogP contribution is 2.17. The van der Waals surface area contributed by atoms with E-state index in [2.05, 4.69) is 30.1 Å². The summed E-state index contributed by atoms with van der Waals surface area (Å²) >= 11 is 0. The number of amides is 1. The van der Waals surface area contributed by atoms with Crippen molar-refractivity contribution < 1.29 is 13.2 Å². The summed E-state index contributed by atoms with van der Waals surface area (Å²) in [5.74, 6) is 0.305. The molecule has 0 radical (unpaired) electrons. The molecule has 1 fully saturated rings. The summed E-state index contributed by atoms with van der Waals surface area (Å²) in [7, 11) is -3.77. The van der Waals surface area contributed by atoms with Gasteiger partial charge in [-0.2, -0.15) is 4.98 Å². The van der Waals surface area contributed by atoms with Gasteiger partial charge in [0.15, 0.2) is 0 Å². The fourth-order valence-corrected chi connectivity index (χ4v) is 4.45. The average molecular weight is 441 g/mol. The van der Waals surface area contributed by atoms with E-state index in [9.17, 15) is 13.2 Å². The number of nitrogens with one attached hydrogen (secondary N) is 3. The van der Waals surface area contributed by atoms with E-state index in [0.717, 1.165) is 31.5 Å². The molecule has 1 aliphatic heterocycles. The van der Waals surface area contributed by atoms with Gasteiger partial charge in [0.2, 0.25) is 21.9 Å². The molecule has 0 atom stereocenters. The van der Waals surface area contributed by atoms with Gasteiger partial charge in [-0.3, -0.25) is 10.1 Å². The number of nitrogens with zero attached hydrogens (tertiary/aromatic N) is 3. The van der Waals surface area contributed by atoms with E-state index in [1.54, 1.807) is 6.07 Å². The highest BCUT2D eigenvalue weighted by atomic mass is 32.2. The molecule has 2 heterocycles. The minimum atomic E-state index is -3.77. The zero-order valence-corrected chi connectivity index (χ0v) is 17.7. The number of hydrogen-bond acceptors (Lipinski definition) is 6. The summed E-state index contributed by atoms with van der Waals surface area (Å²) in [4.78, 5) is 19.0. The Hall–Kier alpha value is -3.24. The first-order valence-corrected chi connectivity index (χ1v) is 11.6. The van der Waals surface area contributed by atoms with Crippen molar-refractivity contribution in [1.29, 1.82) is 0 Å². The van der Waals surface area contributed by atoms with Crippen LogP contribution in [0.25, 0.3) is 0 Å². The Kier molecular flexibility index (Phi) is 6.28. The number of aromatic nitrogens is 3. The van der Waals surface area contributed by atoms with E-state index in [-0.39, 0.29) is 23.0 Å². The molecule has 0 bridgehead atoms. The van der Waals surface area contributed by atoms with Crippen molar-refractivity contribution >= 4 is 27.8 Å². The lowest BCUT2D eigenvalue weighted by molar-refractivity contribution is 0.102. The van der Waals surface area contributed by atoms with E-state index in [1.807, 2.05) is 30.3 Å². The van der Waals surface area contributed by atoms with Crippen molar-refractivity contribution in [3.8, 4) is 0 Å². The van der Waals surface area contributed by atoms with E-state index in [0.29, 0.717) is 5.95 Å². The van der Waals surface area contributed by atoms with Gasteiger partial charge in [0.1, 0.15) is 0 Å². The lowest BCUT2D eigenvalue weighted by Crippen LogP contribution is -2.30. The zero-order chi connectivity index (χ0) is 21.7. The number of rotatable bonds is 7. The van der Waals surface area contributed by atoms with Gasteiger partial charge in [-0.05, 0) is 43.0 Å². The van der Waals surface area contributed by atoms with Gasteiger partial charge in [-0.1, -0.05) is 36.4 Å². The van der Waals surface area contributed by atoms with Crippen molar-refractivity contribution in [2.45, 2.75) is 30.7 Å². The predicted octanol–water partition coefficient (Wildman–Crippen LogP) is 2.53. The molecule has 31 heavy (non-hydrogen) atoms. The average Bonchev–Trinajstić information content (AvgIpc) is 3.28. The Morgan fingerprint density at radius 3 is 2.58 bits per heavy atom. The minimum absolute atomic E-state index is 0.0163. The molecule has 1 aromatic heterocycles. The van der Waals surface area contributed by atoms with E-state index in [1.165, 1.54) is 24.6 Å². The Morgan fingerprint density at radius 1 is 1.03 bits per heavy atom. The number of H-pyrrole nitrogens is 1. The quantitative estimate of drug-likeness (QED) is 0.519. The lowest BCUT2D eigenvalue weighted by atomic mass is 10.1. The van der Waals surface area contributed by atoms with Crippen molar-refractivity contribution in [2.24, 2.45) is 0 Å². The monoisotopic (exact) mass is 440 g/mol. The first kappa shape index (κ1) is 21.0. The highest BCUT2D eigenvalue weighted by molar-refractivity contribution is 7.89. The number of hydrogen-bond donors (Lipinski definition) is 3. The van der Waals surface area contributed by atoms with Crippen LogP contribution in [-0.4, -0.2) is 42.6 Å². The third-order valence-corrected chi connectivity index (χ3v) is 6.46. The van der Waals surface area contributed by atoms with Crippen LogP contribution in [0.5, 0.6) is 0 Å². The number of sulfonamides is 1. The topological polar surface area (TPSA) is 120 Å². The maximum atomic E-state index is 12.6. The zero-order valence-electron chi connectivity index (χ0n) is 16.9. The number of piperidine rings is 1. The molecule has 4 rings (SSSR count). The van der Waals surface area contributed by atoms with Crippen LogP contribution in [0, 0.1) is 0 Å². The lowest BCUT2D eigenvalue weighted by Gasteiger charge is -2.24. The van der Waals surface area contributed by atoms with Crippen molar-refractivity contribution in [1.82, 2.24) is 19.9 Å². The number of aromatic amines is 1. The first-order chi connectivity index (χ1) is 15.0. The van der Waals surface area contributed by atoms with Crippen molar-refractivity contribution in [3.05, 3.63) is 65.7 Å². The van der Waals surface area contributed by atoms with E-state index < -0.39 is 15.9 Å². The first-order valence-electron chi connectivity index (χ1n) is 10.1. The maximum absolute atomic E-state index is 12.6. The van der Waals surface area contributed by atoms with Gasteiger partial charge in [-0.25, -0.2) is 18.2 Å². The molecule has 3 aromatic rings. The summed E-state index contributed by atoms with van der Waals surface area (Å²) in [5, 5.41) is 9.53. The molecule has 0 unspecified atom stereocenters. The summed E-state index contributed by atoms with van der Waals surface area (Å²) in [6.07, 6.45) is 3.38. The molecule has 10 heteroatoms. The molecule has 3 N–H and O–H groups in total. The molecule has 0 aliphatic carbocycles. The fourth-order valence-electron chi connectivity index (χ4n) is 3.39. The molecular formula is C21H24N6O3S. The Balaban J connectivity index is 1.42. The third kappa shape index (κ3) is 5.28. The van der Waals surface area contributed by atoms with Crippen LogP contribution in [0.15, 0.2) is 59.5 Å². The van der Waals surface area contributed by atoms with Gasteiger partial charge in [-0.15, -0.1) is 5.10 Å². The second kappa shape index (κ2) is 9.27. The SMILES string of the molecule is O=C(Nc1nc(N2CCCCC2)n[nH]1)c1cccc(S(=O)(=O)NCc2ccccc2)c1. The minimum Gasteiger partial charge on any atom is -0.340 e. The number of anilines is 2. The molecule has 9 nitrogen and oxygen atoms in total. The van der Waals surface area contributed by atoms with Crippen LogP contribution in [0.1, 0.15) is 35.2 Å². The van der Waals surface area contributed by atoms with Crippen LogP contribution in [0.2, 0.25) is 0 Å². The summed E-state index contributed by atoms with van der Waals surface area (Å²) in [5.41, 5.74) is 1.05. The van der Waals surface area contributed by atoms with Crippen LogP contribution >= 0.6 is 0 Å². The van der Waals surface area contributed by atoms with E-state index in [4.69, 9.17) is 0 Å². The molecule has 1 saturated heterocycles.